The third-order valence-corrected chi connectivity index (χ3v) is 7.14. The van der Waals surface area contributed by atoms with E-state index >= 15 is 0 Å². The van der Waals surface area contributed by atoms with Gasteiger partial charge in [-0.1, -0.05) is 18.2 Å². The summed E-state index contributed by atoms with van der Waals surface area (Å²) in [6.45, 7) is 5.29. The van der Waals surface area contributed by atoms with Crippen LogP contribution in [-0.2, 0) is 7.05 Å². The van der Waals surface area contributed by atoms with Crippen LogP contribution >= 0.6 is 23.1 Å². The number of rotatable bonds is 4. The Balaban J connectivity index is 1.75. The minimum Gasteiger partial charge on any atom is -0.303 e. The molecule has 23 heavy (non-hydrogen) atoms. The van der Waals surface area contributed by atoms with Crippen LogP contribution < -0.4 is 5.56 Å². The minimum atomic E-state index is 0.0918. The lowest BCUT2D eigenvalue weighted by Crippen LogP contribution is -2.36. The molecule has 0 radical (unpaired) electrons. The number of hydrogen-bond acceptors (Lipinski definition) is 5. The largest absolute Gasteiger partial charge is 0.303 e. The molecule has 0 saturated carbocycles. The molecular formula is C17H25N3OS2. The second-order valence-corrected chi connectivity index (χ2v) is 8.75. The van der Waals surface area contributed by atoms with Crippen LogP contribution in [0.1, 0.15) is 36.1 Å². The van der Waals surface area contributed by atoms with E-state index in [-0.39, 0.29) is 5.56 Å². The summed E-state index contributed by atoms with van der Waals surface area (Å²) in [6, 6.07) is 0.684. The van der Waals surface area contributed by atoms with Crippen molar-refractivity contribution in [2.45, 2.75) is 50.7 Å². The van der Waals surface area contributed by atoms with Gasteiger partial charge in [0, 0.05) is 23.7 Å². The van der Waals surface area contributed by atoms with Crippen molar-refractivity contribution in [2.75, 3.05) is 19.3 Å². The van der Waals surface area contributed by atoms with Gasteiger partial charge < -0.3 is 4.90 Å². The zero-order valence-corrected chi connectivity index (χ0v) is 16.0. The first-order valence-corrected chi connectivity index (χ1v) is 10.1. The maximum atomic E-state index is 12.6. The lowest BCUT2D eigenvalue weighted by atomic mass is 10.0. The van der Waals surface area contributed by atoms with E-state index in [4.69, 9.17) is 4.98 Å². The smallest absolute Gasteiger partial charge is 0.262 e. The summed E-state index contributed by atoms with van der Waals surface area (Å²) >= 11 is 3.35. The summed E-state index contributed by atoms with van der Waals surface area (Å²) in [5.74, 6) is 1.02. The highest BCUT2D eigenvalue weighted by Crippen LogP contribution is 2.28. The van der Waals surface area contributed by atoms with E-state index in [9.17, 15) is 4.79 Å². The fourth-order valence-corrected chi connectivity index (χ4v) is 5.36. The summed E-state index contributed by atoms with van der Waals surface area (Å²) in [7, 11) is 4.07. The third kappa shape index (κ3) is 3.35. The summed E-state index contributed by atoms with van der Waals surface area (Å²) in [4.78, 5) is 21.9. The van der Waals surface area contributed by atoms with Crippen LogP contribution in [0.3, 0.4) is 0 Å². The monoisotopic (exact) mass is 351 g/mol. The van der Waals surface area contributed by atoms with Crippen molar-refractivity contribution < 1.29 is 0 Å². The molecule has 3 rings (SSSR count). The van der Waals surface area contributed by atoms with Crippen LogP contribution in [0.2, 0.25) is 0 Å². The topological polar surface area (TPSA) is 38.1 Å². The second kappa shape index (κ2) is 6.95. The molecule has 1 atom stereocenters. The van der Waals surface area contributed by atoms with E-state index in [0.717, 1.165) is 33.1 Å². The molecule has 3 heterocycles. The molecule has 0 bridgehead atoms. The number of thiophene rings is 1. The lowest BCUT2D eigenvalue weighted by molar-refractivity contribution is 0.182. The molecule has 6 heteroatoms. The molecule has 2 aromatic rings. The molecule has 0 amide bonds. The predicted molar refractivity (Wildman–Crippen MR) is 99.9 cm³/mol. The van der Waals surface area contributed by atoms with Gasteiger partial charge in [0.1, 0.15) is 4.83 Å². The van der Waals surface area contributed by atoms with Crippen LogP contribution in [0.4, 0.5) is 0 Å². The number of piperidine rings is 1. The first-order chi connectivity index (χ1) is 11.0. The molecule has 1 saturated heterocycles. The molecule has 0 N–H and O–H groups in total. The Morgan fingerprint density at radius 3 is 2.83 bits per heavy atom. The van der Waals surface area contributed by atoms with Crippen LogP contribution in [0.25, 0.3) is 10.2 Å². The van der Waals surface area contributed by atoms with Gasteiger partial charge >= 0.3 is 0 Å². The quantitative estimate of drug-likeness (QED) is 0.623. The van der Waals surface area contributed by atoms with Crippen LogP contribution in [0, 0.1) is 13.8 Å². The summed E-state index contributed by atoms with van der Waals surface area (Å²) in [6.07, 6.45) is 5.13. The molecule has 126 valence electrons. The Hall–Kier alpha value is -0.850. The molecule has 1 unspecified atom stereocenters. The SMILES string of the molecule is Cc1sc2nc(SCCC3CCCCN3C)n(C)c(=O)c2c1C. The number of nitrogens with zero attached hydrogens (tertiary/aromatic N) is 3. The maximum Gasteiger partial charge on any atom is 0.262 e. The van der Waals surface area contributed by atoms with Crippen LogP contribution in [0.15, 0.2) is 9.95 Å². The van der Waals surface area contributed by atoms with E-state index in [1.165, 1.54) is 30.7 Å². The second-order valence-electron chi connectivity index (χ2n) is 6.49. The zero-order valence-electron chi connectivity index (χ0n) is 14.4. The highest BCUT2D eigenvalue weighted by molar-refractivity contribution is 7.99. The number of likely N-dealkylation sites (tertiary alicyclic amines) is 1. The first-order valence-electron chi connectivity index (χ1n) is 8.28. The van der Waals surface area contributed by atoms with Gasteiger partial charge in [-0.3, -0.25) is 9.36 Å². The molecule has 1 fully saturated rings. The minimum absolute atomic E-state index is 0.0918. The predicted octanol–water partition coefficient (Wildman–Crippen LogP) is 3.58. The molecule has 0 spiro atoms. The molecule has 0 aliphatic carbocycles. The van der Waals surface area contributed by atoms with Gasteiger partial charge in [0.2, 0.25) is 0 Å². The Morgan fingerprint density at radius 2 is 2.09 bits per heavy atom. The zero-order chi connectivity index (χ0) is 16.6. The van der Waals surface area contributed by atoms with Gasteiger partial charge in [-0.05, 0) is 52.3 Å². The molecular weight excluding hydrogens is 326 g/mol. The number of aromatic nitrogens is 2. The van der Waals surface area contributed by atoms with Gasteiger partial charge in [0.15, 0.2) is 5.16 Å². The standard InChI is InChI=1S/C17H25N3OS2/c1-11-12(2)23-15-14(11)16(21)20(4)17(18-15)22-10-8-13-7-5-6-9-19(13)3/h13H,5-10H2,1-4H3. The van der Waals surface area contributed by atoms with Gasteiger partial charge in [0.05, 0.1) is 5.39 Å². The Morgan fingerprint density at radius 1 is 1.30 bits per heavy atom. The van der Waals surface area contributed by atoms with Gasteiger partial charge in [-0.15, -0.1) is 11.3 Å². The highest BCUT2D eigenvalue weighted by Gasteiger charge is 2.19. The van der Waals surface area contributed by atoms with Crippen molar-refractivity contribution >= 4 is 33.3 Å². The molecule has 1 aliphatic rings. The molecule has 4 nitrogen and oxygen atoms in total. The van der Waals surface area contributed by atoms with Crippen molar-refractivity contribution in [2.24, 2.45) is 7.05 Å². The molecule has 2 aromatic heterocycles. The summed E-state index contributed by atoms with van der Waals surface area (Å²) in [5.41, 5.74) is 1.17. The van der Waals surface area contributed by atoms with E-state index in [1.54, 1.807) is 27.7 Å². The van der Waals surface area contributed by atoms with E-state index in [0.29, 0.717) is 6.04 Å². The average molecular weight is 352 g/mol. The fourth-order valence-electron chi connectivity index (χ4n) is 3.28. The van der Waals surface area contributed by atoms with E-state index in [2.05, 4.69) is 18.9 Å². The van der Waals surface area contributed by atoms with Crippen molar-refractivity contribution in [1.29, 1.82) is 0 Å². The Bertz CT molecular complexity index is 765. The van der Waals surface area contributed by atoms with Gasteiger partial charge in [-0.25, -0.2) is 4.98 Å². The van der Waals surface area contributed by atoms with E-state index in [1.807, 2.05) is 14.0 Å². The lowest BCUT2D eigenvalue weighted by Gasteiger charge is -2.32. The van der Waals surface area contributed by atoms with Crippen LogP contribution in [0.5, 0.6) is 0 Å². The summed E-state index contributed by atoms with van der Waals surface area (Å²) < 4.78 is 1.72. The van der Waals surface area contributed by atoms with E-state index < -0.39 is 0 Å². The fraction of sp³-hybridized carbons (Fsp3) is 0.647. The van der Waals surface area contributed by atoms with Crippen molar-refractivity contribution in [3.8, 4) is 0 Å². The number of aryl methyl sites for hydroxylation is 2. The van der Waals surface area contributed by atoms with Crippen LogP contribution in [-0.4, -0.2) is 39.8 Å². The highest BCUT2D eigenvalue weighted by atomic mass is 32.2. The van der Waals surface area contributed by atoms with Crippen molar-refractivity contribution in [1.82, 2.24) is 14.5 Å². The first kappa shape index (κ1) is 17.0. The average Bonchev–Trinajstić information content (AvgIpc) is 2.81. The Labute approximate surface area is 145 Å². The maximum absolute atomic E-state index is 12.6. The van der Waals surface area contributed by atoms with Gasteiger partial charge in [-0.2, -0.15) is 0 Å². The number of hydrogen-bond donors (Lipinski definition) is 0. The molecule has 0 aromatic carbocycles. The third-order valence-electron chi connectivity index (χ3n) is 4.97. The number of fused-ring (bicyclic) bond motifs is 1. The Kier molecular flexibility index (Phi) is 5.13. The van der Waals surface area contributed by atoms with Gasteiger partial charge in [0.25, 0.3) is 5.56 Å². The van der Waals surface area contributed by atoms with Crippen molar-refractivity contribution in [3.63, 3.8) is 0 Å². The number of thioether (sulfide) groups is 1. The normalized spacial score (nSPS) is 19.6. The van der Waals surface area contributed by atoms with Crippen molar-refractivity contribution in [3.05, 3.63) is 20.8 Å². The molecule has 1 aliphatic heterocycles. The summed E-state index contributed by atoms with van der Waals surface area (Å²) in [5, 5.41) is 1.65.